The first-order valence-electron chi connectivity index (χ1n) is 5.34. The summed E-state index contributed by atoms with van der Waals surface area (Å²) in [6.07, 6.45) is 3.56. The van der Waals surface area contributed by atoms with Crippen LogP contribution in [0, 0.1) is 24.7 Å². The van der Waals surface area contributed by atoms with Gasteiger partial charge in [0.2, 0.25) is 5.78 Å². The third kappa shape index (κ3) is 1.21. The van der Waals surface area contributed by atoms with Crippen LogP contribution in [0.25, 0.3) is 0 Å². The molecule has 2 atom stereocenters. The Morgan fingerprint density at radius 2 is 2.00 bits per heavy atom. The largest absolute Gasteiger partial charge is 0.458 e. The van der Waals surface area contributed by atoms with E-state index in [2.05, 4.69) is 0 Å². The molecule has 0 saturated heterocycles. The third-order valence-electron chi connectivity index (χ3n) is 3.60. The van der Waals surface area contributed by atoms with Crippen molar-refractivity contribution in [3.8, 4) is 0 Å². The number of hydrogen-bond donors (Lipinski definition) is 0. The maximum Gasteiger partial charge on any atom is 0.201 e. The molecular formula is C12H14O2. The minimum absolute atomic E-state index is 0.227. The topological polar surface area (TPSA) is 30.2 Å². The molecule has 3 rings (SSSR count). The van der Waals surface area contributed by atoms with Gasteiger partial charge in [0.1, 0.15) is 5.76 Å². The van der Waals surface area contributed by atoms with Gasteiger partial charge in [0.25, 0.3) is 0 Å². The molecule has 0 spiro atoms. The highest BCUT2D eigenvalue weighted by molar-refractivity contribution is 5.95. The van der Waals surface area contributed by atoms with Crippen LogP contribution in [0.5, 0.6) is 0 Å². The van der Waals surface area contributed by atoms with Crippen LogP contribution < -0.4 is 0 Å². The van der Waals surface area contributed by atoms with Gasteiger partial charge in [-0.1, -0.05) is 0 Å². The lowest BCUT2D eigenvalue weighted by Gasteiger charge is -2.07. The van der Waals surface area contributed by atoms with E-state index >= 15 is 0 Å². The Morgan fingerprint density at radius 3 is 2.57 bits per heavy atom. The highest BCUT2D eigenvalue weighted by Crippen LogP contribution is 2.54. The monoisotopic (exact) mass is 190 g/mol. The van der Waals surface area contributed by atoms with Gasteiger partial charge in [-0.15, -0.1) is 0 Å². The summed E-state index contributed by atoms with van der Waals surface area (Å²) >= 11 is 0. The molecule has 2 unspecified atom stereocenters. The van der Waals surface area contributed by atoms with Crippen LogP contribution in [0.3, 0.4) is 0 Å². The Balaban J connectivity index is 1.76. The predicted octanol–water partition coefficient (Wildman–Crippen LogP) is 2.82. The first-order chi connectivity index (χ1) is 6.74. The van der Waals surface area contributed by atoms with Crippen LogP contribution in [-0.2, 0) is 0 Å². The van der Waals surface area contributed by atoms with E-state index in [-0.39, 0.29) is 11.7 Å². The SMILES string of the molecule is Cc1ccc(C(=O)C2CC3CC3C2)o1. The lowest BCUT2D eigenvalue weighted by Crippen LogP contribution is -2.12. The average molecular weight is 190 g/mol. The van der Waals surface area contributed by atoms with Crippen LogP contribution >= 0.6 is 0 Å². The highest BCUT2D eigenvalue weighted by Gasteiger charge is 2.48. The van der Waals surface area contributed by atoms with E-state index in [4.69, 9.17) is 4.42 Å². The van der Waals surface area contributed by atoms with Crippen molar-refractivity contribution in [2.24, 2.45) is 17.8 Å². The zero-order valence-electron chi connectivity index (χ0n) is 8.32. The summed E-state index contributed by atoms with van der Waals surface area (Å²) in [5.41, 5.74) is 0. The van der Waals surface area contributed by atoms with Crippen molar-refractivity contribution in [1.29, 1.82) is 0 Å². The summed E-state index contributed by atoms with van der Waals surface area (Å²) in [5.74, 6) is 3.60. The quantitative estimate of drug-likeness (QED) is 0.671. The van der Waals surface area contributed by atoms with Gasteiger partial charge in [0, 0.05) is 5.92 Å². The Hall–Kier alpha value is -1.05. The van der Waals surface area contributed by atoms with Gasteiger partial charge >= 0.3 is 0 Å². The third-order valence-corrected chi connectivity index (χ3v) is 3.60. The summed E-state index contributed by atoms with van der Waals surface area (Å²) in [4.78, 5) is 11.9. The fourth-order valence-corrected chi connectivity index (χ4v) is 2.70. The zero-order chi connectivity index (χ0) is 9.71. The number of furan rings is 1. The van der Waals surface area contributed by atoms with Gasteiger partial charge in [-0.05, 0) is 50.2 Å². The summed E-state index contributed by atoms with van der Waals surface area (Å²) in [6.45, 7) is 1.88. The van der Waals surface area contributed by atoms with Gasteiger partial charge in [-0.25, -0.2) is 0 Å². The Bertz CT molecular complexity index is 367. The van der Waals surface area contributed by atoms with Crippen molar-refractivity contribution in [2.75, 3.05) is 0 Å². The molecule has 0 radical (unpaired) electrons. The molecule has 2 heteroatoms. The van der Waals surface area contributed by atoms with Crippen molar-refractivity contribution in [3.05, 3.63) is 23.7 Å². The summed E-state index contributed by atoms with van der Waals surface area (Å²) in [6, 6.07) is 3.67. The summed E-state index contributed by atoms with van der Waals surface area (Å²) in [7, 11) is 0. The smallest absolute Gasteiger partial charge is 0.201 e. The van der Waals surface area contributed by atoms with E-state index in [1.165, 1.54) is 6.42 Å². The molecule has 0 amide bonds. The van der Waals surface area contributed by atoms with Gasteiger partial charge < -0.3 is 4.42 Å². The number of carbonyl (C=O) groups is 1. The van der Waals surface area contributed by atoms with E-state index in [1.54, 1.807) is 0 Å². The van der Waals surface area contributed by atoms with E-state index in [0.717, 1.165) is 30.4 Å². The predicted molar refractivity (Wildman–Crippen MR) is 52.1 cm³/mol. The molecule has 74 valence electrons. The molecule has 1 aromatic heterocycles. The molecule has 0 bridgehead atoms. The van der Waals surface area contributed by atoms with E-state index in [1.807, 2.05) is 19.1 Å². The maximum absolute atomic E-state index is 11.9. The molecule has 2 nitrogen and oxygen atoms in total. The molecule has 0 aliphatic heterocycles. The van der Waals surface area contributed by atoms with Gasteiger partial charge in [-0.2, -0.15) is 0 Å². The average Bonchev–Trinajstić information content (AvgIpc) is 2.64. The molecule has 0 aromatic carbocycles. The Morgan fingerprint density at radius 1 is 1.29 bits per heavy atom. The molecule has 2 fully saturated rings. The van der Waals surface area contributed by atoms with E-state index in [9.17, 15) is 4.79 Å². The first kappa shape index (κ1) is 8.27. The summed E-state index contributed by atoms with van der Waals surface area (Å²) < 4.78 is 5.36. The molecular weight excluding hydrogens is 176 g/mol. The molecule has 2 aliphatic rings. The Kier molecular flexibility index (Phi) is 1.61. The van der Waals surface area contributed by atoms with Crippen LogP contribution in [0.15, 0.2) is 16.5 Å². The maximum atomic E-state index is 11.9. The minimum Gasteiger partial charge on any atom is -0.458 e. The second kappa shape index (κ2) is 2.72. The molecule has 1 heterocycles. The van der Waals surface area contributed by atoms with Gasteiger partial charge in [0.05, 0.1) is 0 Å². The molecule has 2 saturated carbocycles. The fourth-order valence-electron chi connectivity index (χ4n) is 2.70. The second-order valence-corrected chi connectivity index (χ2v) is 4.70. The van der Waals surface area contributed by atoms with Crippen LogP contribution in [0.2, 0.25) is 0 Å². The highest BCUT2D eigenvalue weighted by atomic mass is 16.3. The number of hydrogen-bond acceptors (Lipinski definition) is 2. The number of aryl methyl sites for hydroxylation is 1. The number of ketones is 1. The Labute approximate surface area is 83.3 Å². The van der Waals surface area contributed by atoms with E-state index in [0.29, 0.717) is 5.76 Å². The second-order valence-electron chi connectivity index (χ2n) is 4.70. The van der Waals surface area contributed by atoms with Crippen LogP contribution in [0.4, 0.5) is 0 Å². The zero-order valence-corrected chi connectivity index (χ0v) is 8.32. The molecule has 0 N–H and O–H groups in total. The summed E-state index contributed by atoms with van der Waals surface area (Å²) in [5, 5.41) is 0. The lowest BCUT2D eigenvalue weighted by molar-refractivity contribution is 0.0884. The molecule has 2 aliphatic carbocycles. The van der Waals surface area contributed by atoms with Crippen molar-refractivity contribution in [3.63, 3.8) is 0 Å². The van der Waals surface area contributed by atoms with Crippen LogP contribution in [-0.4, -0.2) is 5.78 Å². The van der Waals surface area contributed by atoms with Crippen LogP contribution in [0.1, 0.15) is 35.6 Å². The first-order valence-corrected chi connectivity index (χ1v) is 5.34. The normalized spacial score (nSPS) is 34.2. The molecule has 1 aromatic rings. The minimum atomic E-state index is 0.227. The standard InChI is InChI=1S/C12H14O2/c1-7-2-3-11(14-7)12(13)10-5-8-4-9(8)6-10/h2-3,8-10H,4-6H2,1H3. The lowest BCUT2D eigenvalue weighted by atomic mass is 9.97. The van der Waals surface area contributed by atoms with Gasteiger partial charge in [-0.3, -0.25) is 4.79 Å². The number of Topliss-reactive ketones (excluding diaryl/α,β-unsaturated/α-hetero) is 1. The van der Waals surface area contributed by atoms with Crippen molar-refractivity contribution in [1.82, 2.24) is 0 Å². The number of carbonyl (C=O) groups excluding carboxylic acids is 1. The number of fused-ring (bicyclic) bond motifs is 1. The fraction of sp³-hybridized carbons (Fsp3) is 0.583. The number of rotatable bonds is 2. The van der Waals surface area contributed by atoms with Crippen molar-refractivity contribution >= 4 is 5.78 Å². The van der Waals surface area contributed by atoms with Gasteiger partial charge in [0.15, 0.2) is 5.76 Å². The van der Waals surface area contributed by atoms with Crippen molar-refractivity contribution in [2.45, 2.75) is 26.2 Å². The van der Waals surface area contributed by atoms with E-state index < -0.39 is 0 Å². The molecule has 14 heavy (non-hydrogen) atoms. The van der Waals surface area contributed by atoms with Crippen molar-refractivity contribution < 1.29 is 9.21 Å².